The molecule has 0 aromatic carbocycles. The standard InChI is InChI=1S/C14H21ClN2O/c1-10(13-8-11-3-4-12(13)7-11)17(6-2-5-16)14(18)9-15/h10-13H,2-4,6-9H2,1H3. The zero-order chi connectivity index (χ0) is 13.1. The lowest BCUT2D eigenvalue weighted by atomic mass is 9.83. The second-order valence-electron chi connectivity index (χ2n) is 5.71. The molecule has 100 valence electrons. The molecule has 2 aliphatic carbocycles. The molecule has 2 saturated carbocycles. The predicted molar refractivity (Wildman–Crippen MR) is 71.1 cm³/mol. The van der Waals surface area contributed by atoms with Crippen LogP contribution in [0.4, 0.5) is 0 Å². The molecular weight excluding hydrogens is 248 g/mol. The van der Waals surface area contributed by atoms with Crippen molar-refractivity contribution in [3.8, 4) is 6.07 Å². The van der Waals surface area contributed by atoms with E-state index in [4.69, 9.17) is 16.9 Å². The topological polar surface area (TPSA) is 44.1 Å². The number of hydrogen-bond acceptors (Lipinski definition) is 2. The van der Waals surface area contributed by atoms with Crippen LogP contribution >= 0.6 is 11.6 Å². The number of hydrogen-bond donors (Lipinski definition) is 0. The first-order chi connectivity index (χ1) is 8.67. The summed E-state index contributed by atoms with van der Waals surface area (Å²) < 4.78 is 0. The Labute approximate surface area is 114 Å². The van der Waals surface area contributed by atoms with Crippen LogP contribution in [0.25, 0.3) is 0 Å². The summed E-state index contributed by atoms with van der Waals surface area (Å²) in [4.78, 5) is 13.7. The van der Waals surface area contributed by atoms with Crippen LogP contribution in [0, 0.1) is 29.1 Å². The number of nitriles is 1. The Morgan fingerprint density at radius 2 is 2.28 bits per heavy atom. The second kappa shape index (κ2) is 5.93. The molecule has 2 bridgehead atoms. The number of carbonyl (C=O) groups excluding carboxylic acids is 1. The molecule has 0 heterocycles. The van der Waals surface area contributed by atoms with Crippen LogP contribution in [0.15, 0.2) is 0 Å². The SMILES string of the molecule is CC(C1CC2CCC1C2)N(CCC#N)C(=O)CCl. The maximum atomic E-state index is 11.9. The van der Waals surface area contributed by atoms with Crippen LogP contribution < -0.4 is 0 Å². The Kier molecular flexibility index (Phi) is 4.50. The van der Waals surface area contributed by atoms with Gasteiger partial charge in [0, 0.05) is 12.6 Å². The van der Waals surface area contributed by atoms with Crippen molar-refractivity contribution in [1.29, 1.82) is 5.26 Å². The minimum Gasteiger partial charge on any atom is -0.338 e. The summed E-state index contributed by atoms with van der Waals surface area (Å²) in [5.41, 5.74) is 0. The molecule has 4 atom stereocenters. The average Bonchev–Trinajstić information content (AvgIpc) is 3.00. The third kappa shape index (κ3) is 2.64. The summed E-state index contributed by atoms with van der Waals surface area (Å²) in [5.74, 6) is 2.29. The third-order valence-electron chi connectivity index (χ3n) is 4.80. The van der Waals surface area contributed by atoms with Gasteiger partial charge in [-0.3, -0.25) is 4.79 Å². The van der Waals surface area contributed by atoms with Crippen molar-refractivity contribution in [1.82, 2.24) is 4.90 Å². The second-order valence-corrected chi connectivity index (χ2v) is 5.98. The molecule has 0 aromatic heterocycles. The molecule has 4 heteroatoms. The fourth-order valence-corrected chi connectivity index (χ4v) is 4.07. The van der Waals surface area contributed by atoms with Crippen molar-refractivity contribution in [3.63, 3.8) is 0 Å². The predicted octanol–water partition coefficient (Wildman–Crippen LogP) is 2.79. The van der Waals surface area contributed by atoms with Gasteiger partial charge in [0.1, 0.15) is 5.88 Å². The molecule has 2 aliphatic rings. The summed E-state index contributed by atoms with van der Waals surface area (Å²) in [7, 11) is 0. The van der Waals surface area contributed by atoms with E-state index in [-0.39, 0.29) is 17.8 Å². The van der Waals surface area contributed by atoms with Crippen LogP contribution in [-0.2, 0) is 4.79 Å². The van der Waals surface area contributed by atoms with Crippen LogP contribution in [0.2, 0.25) is 0 Å². The summed E-state index contributed by atoms with van der Waals surface area (Å²) >= 11 is 5.68. The quantitative estimate of drug-likeness (QED) is 0.720. The molecule has 3 nitrogen and oxygen atoms in total. The molecule has 0 aliphatic heterocycles. The minimum atomic E-state index is -0.0257. The fraction of sp³-hybridized carbons (Fsp3) is 0.857. The first kappa shape index (κ1) is 13.7. The molecule has 4 unspecified atom stereocenters. The third-order valence-corrected chi connectivity index (χ3v) is 5.03. The molecule has 2 fully saturated rings. The zero-order valence-electron chi connectivity index (χ0n) is 10.9. The summed E-state index contributed by atoms with van der Waals surface area (Å²) in [6.45, 7) is 2.66. The van der Waals surface area contributed by atoms with Gasteiger partial charge in [0.25, 0.3) is 0 Å². The van der Waals surface area contributed by atoms with Gasteiger partial charge in [-0.05, 0) is 43.9 Å². The average molecular weight is 269 g/mol. The zero-order valence-corrected chi connectivity index (χ0v) is 11.7. The Balaban J connectivity index is 2.01. The van der Waals surface area contributed by atoms with Gasteiger partial charge in [-0.1, -0.05) is 6.42 Å². The van der Waals surface area contributed by atoms with Crippen molar-refractivity contribution in [2.45, 2.75) is 45.1 Å². The highest BCUT2D eigenvalue weighted by molar-refractivity contribution is 6.27. The van der Waals surface area contributed by atoms with Gasteiger partial charge in [0.05, 0.1) is 12.5 Å². The maximum Gasteiger partial charge on any atom is 0.237 e. The normalized spacial score (nSPS) is 31.1. The first-order valence-electron chi connectivity index (χ1n) is 6.89. The Bertz CT molecular complexity index is 352. The van der Waals surface area contributed by atoms with Gasteiger partial charge < -0.3 is 4.90 Å². The smallest absolute Gasteiger partial charge is 0.237 e. The number of amides is 1. The molecule has 0 N–H and O–H groups in total. The highest BCUT2D eigenvalue weighted by Gasteiger charge is 2.43. The van der Waals surface area contributed by atoms with E-state index >= 15 is 0 Å². The number of nitrogens with zero attached hydrogens (tertiary/aromatic N) is 2. The maximum absolute atomic E-state index is 11.9. The van der Waals surface area contributed by atoms with Crippen molar-refractivity contribution in [3.05, 3.63) is 0 Å². The monoisotopic (exact) mass is 268 g/mol. The van der Waals surface area contributed by atoms with Crippen LogP contribution in [0.1, 0.15) is 39.0 Å². The van der Waals surface area contributed by atoms with Crippen molar-refractivity contribution in [2.75, 3.05) is 12.4 Å². The molecule has 0 radical (unpaired) electrons. The lowest BCUT2D eigenvalue weighted by molar-refractivity contribution is -0.131. The van der Waals surface area contributed by atoms with E-state index in [1.54, 1.807) is 0 Å². The Morgan fingerprint density at radius 1 is 1.50 bits per heavy atom. The van der Waals surface area contributed by atoms with Crippen molar-refractivity contribution >= 4 is 17.5 Å². The number of halogens is 1. The van der Waals surface area contributed by atoms with Gasteiger partial charge in [-0.15, -0.1) is 11.6 Å². The van der Waals surface area contributed by atoms with Crippen LogP contribution in [0.3, 0.4) is 0 Å². The molecule has 2 rings (SSSR count). The Hall–Kier alpha value is -0.750. The highest BCUT2D eigenvalue weighted by Crippen LogP contribution is 2.50. The van der Waals surface area contributed by atoms with E-state index < -0.39 is 0 Å². The molecular formula is C14H21ClN2O. The lowest BCUT2D eigenvalue weighted by Gasteiger charge is -2.36. The molecule has 1 amide bonds. The van der Waals surface area contributed by atoms with Gasteiger partial charge >= 0.3 is 0 Å². The van der Waals surface area contributed by atoms with E-state index in [0.717, 1.165) is 11.8 Å². The molecule has 0 saturated heterocycles. The Morgan fingerprint density at radius 3 is 2.78 bits per heavy atom. The number of rotatable bonds is 5. The molecule has 0 aromatic rings. The van der Waals surface area contributed by atoms with Gasteiger partial charge in [-0.2, -0.15) is 5.26 Å². The van der Waals surface area contributed by atoms with Crippen LogP contribution in [0.5, 0.6) is 0 Å². The van der Waals surface area contributed by atoms with Crippen molar-refractivity contribution in [2.24, 2.45) is 17.8 Å². The van der Waals surface area contributed by atoms with E-state index in [9.17, 15) is 4.79 Å². The van der Waals surface area contributed by atoms with E-state index in [1.807, 2.05) is 4.90 Å². The van der Waals surface area contributed by atoms with Crippen LogP contribution in [-0.4, -0.2) is 29.3 Å². The van der Waals surface area contributed by atoms with Gasteiger partial charge in [-0.25, -0.2) is 0 Å². The lowest BCUT2D eigenvalue weighted by Crippen LogP contribution is -2.45. The number of alkyl halides is 1. The number of fused-ring (bicyclic) bond motifs is 2. The van der Waals surface area contributed by atoms with Crippen molar-refractivity contribution < 1.29 is 4.79 Å². The van der Waals surface area contributed by atoms with Gasteiger partial charge in [0.15, 0.2) is 0 Å². The van der Waals surface area contributed by atoms with Gasteiger partial charge in [0.2, 0.25) is 5.91 Å². The fourth-order valence-electron chi connectivity index (χ4n) is 3.92. The summed E-state index contributed by atoms with van der Waals surface area (Å²) in [6.07, 6.45) is 5.69. The molecule has 18 heavy (non-hydrogen) atoms. The van der Waals surface area contributed by atoms with E-state index in [0.29, 0.717) is 18.9 Å². The largest absolute Gasteiger partial charge is 0.338 e. The minimum absolute atomic E-state index is 0.0244. The summed E-state index contributed by atoms with van der Waals surface area (Å²) in [5, 5.41) is 8.70. The number of carbonyl (C=O) groups is 1. The van der Waals surface area contributed by atoms with E-state index in [2.05, 4.69) is 13.0 Å². The van der Waals surface area contributed by atoms with E-state index in [1.165, 1.54) is 25.7 Å². The molecule has 0 spiro atoms. The summed E-state index contributed by atoms with van der Waals surface area (Å²) in [6, 6.07) is 2.36. The first-order valence-corrected chi connectivity index (χ1v) is 7.43. The highest BCUT2D eigenvalue weighted by atomic mass is 35.5.